The molecule has 17 N–H and O–H groups in total. The predicted octanol–water partition coefficient (Wildman–Crippen LogP) is -5.97. The molecule has 0 bridgehead atoms. The molecule has 1 aromatic carbocycles. The molecule has 0 aliphatic carbocycles. The maximum atomic E-state index is 14.0. The average Bonchev–Trinajstić information content (AvgIpc) is 3.26. The number of carbonyl (C=O) groups excluding carboxylic acids is 12. The predicted molar refractivity (Wildman–Crippen MR) is 242 cm³/mol. The summed E-state index contributed by atoms with van der Waals surface area (Å²) in [6.45, 7) is 3.17. The van der Waals surface area contributed by atoms with Gasteiger partial charge in [-0.15, -0.1) is 0 Å². The first-order chi connectivity index (χ1) is 31.9. The first-order valence-electron chi connectivity index (χ1n) is 21.7. The molecule has 7 atom stereocenters. The van der Waals surface area contributed by atoms with E-state index in [-0.39, 0.29) is 44.5 Å². The summed E-state index contributed by atoms with van der Waals surface area (Å²) in [7, 11) is 2.70. The minimum absolute atomic E-state index is 0.0332. The molecule has 0 radical (unpaired) electrons. The number of hydrogen-bond donors (Lipinski definition) is 13. The number of aromatic hydroxyl groups is 1. The zero-order chi connectivity index (χ0) is 51.7. The molecule has 68 heavy (non-hydrogen) atoms. The molecule has 0 aliphatic heterocycles. The highest BCUT2D eigenvalue weighted by atomic mass is 16.3. The first-order valence-corrected chi connectivity index (χ1v) is 21.7. The minimum atomic E-state index is -1.82. The second-order valence-electron chi connectivity index (χ2n) is 16.1. The highest BCUT2D eigenvalue weighted by molar-refractivity contribution is 5.99. The number of phenolic OH excluding ortho intramolecular Hbond substituents is 1. The number of carbonyl (C=O) groups is 12. The Kier molecular flexibility index (Phi) is 26.1. The molecule has 0 aromatic heterocycles. The van der Waals surface area contributed by atoms with Crippen molar-refractivity contribution >= 4 is 70.8 Å². The van der Waals surface area contributed by atoms with Crippen molar-refractivity contribution in [3.8, 4) is 5.75 Å². The lowest BCUT2D eigenvalue weighted by atomic mass is 9.96. The van der Waals surface area contributed by atoms with Crippen LogP contribution in [0.15, 0.2) is 24.3 Å². The van der Waals surface area contributed by atoms with Crippen molar-refractivity contribution in [3.63, 3.8) is 0 Å². The van der Waals surface area contributed by atoms with Crippen LogP contribution in [0.3, 0.4) is 0 Å². The van der Waals surface area contributed by atoms with Crippen molar-refractivity contribution in [3.05, 3.63) is 29.8 Å². The molecular weight excluding hydrogens is 895 g/mol. The smallest absolute Gasteiger partial charge is 0.245 e. The van der Waals surface area contributed by atoms with Gasteiger partial charge in [-0.2, -0.15) is 0 Å². The van der Waals surface area contributed by atoms with Gasteiger partial charge in [0.15, 0.2) is 0 Å². The van der Waals surface area contributed by atoms with E-state index in [1.54, 1.807) is 26.0 Å². The fourth-order valence-corrected chi connectivity index (χ4v) is 6.35. The fraction of sp³-hybridized carbons (Fsp3) is 0.571. The number of likely N-dealkylation sites (N-methyl/N-ethyl adjacent to an activating group) is 2. The Morgan fingerprint density at radius 1 is 0.632 bits per heavy atom. The fourth-order valence-electron chi connectivity index (χ4n) is 6.35. The van der Waals surface area contributed by atoms with Gasteiger partial charge in [0.1, 0.15) is 47.8 Å². The van der Waals surface area contributed by atoms with Crippen molar-refractivity contribution in [2.24, 2.45) is 28.9 Å². The normalized spacial score (nSPS) is 13.9. The molecular formula is C42H67N13O13. The van der Waals surface area contributed by atoms with Crippen LogP contribution in [-0.2, 0) is 64.0 Å². The van der Waals surface area contributed by atoms with E-state index in [0.29, 0.717) is 12.0 Å². The number of rotatable bonds is 32. The molecule has 0 saturated heterocycles. The molecule has 0 heterocycles. The molecule has 26 heteroatoms. The molecule has 1 aromatic rings. The van der Waals surface area contributed by atoms with Gasteiger partial charge in [-0.25, -0.2) is 0 Å². The number of nitrogens with two attached hydrogens (primary N) is 4. The van der Waals surface area contributed by atoms with Crippen LogP contribution in [0.25, 0.3) is 0 Å². The SMILES string of the molecule is CC[C@H](C)[C@H](NC(=O)[C@H](Cc1ccc(O)cc1)NC(=O)CNC)C(=O)N[C@@H](CCC(N)=O)C(=O)N[C@@H](CC(N)=O)C(=O)N[C@@H](CCC(C)=O)C(=O)N(C)CC(=O)N[C@@H](CCN)C(=O)NCC(N)=O. The number of nitrogens with one attached hydrogen (secondary N) is 8. The zero-order valence-corrected chi connectivity index (χ0v) is 38.9. The molecule has 1 rings (SSSR count). The monoisotopic (exact) mass is 961 g/mol. The quantitative estimate of drug-likeness (QED) is 0.0320. The van der Waals surface area contributed by atoms with Crippen molar-refractivity contribution < 1.29 is 62.6 Å². The summed E-state index contributed by atoms with van der Waals surface area (Å²) in [5.74, 6) is -10.9. The van der Waals surface area contributed by atoms with Crippen LogP contribution in [0.2, 0.25) is 0 Å². The lowest BCUT2D eigenvalue weighted by Crippen LogP contribution is -2.61. The third-order valence-corrected chi connectivity index (χ3v) is 10.2. The summed E-state index contributed by atoms with van der Waals surface area (Å²) in [6.07, 6.45) is -2.11. The maximum Gasteiger partial charge on any atom is 0.245 e. The summed E-state index contributed by atoms with van der Waals surface area (Å²) in [4.78, 5) is 155. The Hall–Kier alpha value is -7.22. The van der Waals surface area contributed by atoms with Gasteiger partial charge in [0.05, 0.1) is 26.1 Å². The van der Waals surface area contributed by atoms with E-state index in [1.807, 2.05) is 0 Å². The van der Waals surface area contributed by atoms with E-state index in [9.17, 15) is 62.6 Å². The van der Waals surface area contributed by atoms with Gasteiger partial charge in [-0.3, -0.25) is 52.7 Å². The third-order valence-electron chi connectivity index (χ3n) is 10.2. The Labute approximate surface area is 393 Å². The van der Waals surface area contributed by atoms with Crippen LogP contribution in [0, 0.1) is 5.92 Å². The van der Waals surface area contributed by atoms with E-state index >= 15 is 0 Å². The number of primary amides is 3. The number of phenols is 1. The molecule has 26 nitrogen and oxygen atoms in total. The topological polar surface area (TPSA) is 429 Å². The van der Waals surface area contributed by atoms with Crippen molar-refractivity contribution in [1.82, 2.24) is 47.4 Å². The molecule has 11 amide bonds. The highest BCUT2D eigenvalue weighted by Gasteiger charge is 2.35. The molecule has 0 spiro atoms. The summed E-state index contributed by atoms with van der Waals surface area (Å²) in [6, 6.07) is -2.90. The Bertz CT molecular complexity index is 1970. The van der Waals surface area contributed by atoms with Gasteiger partial charge >= 0.3 is 0 Å². The van der Waals surface area contributed by atoms with Crippen molar-refractivity contribution in [2.45, 2.75) is 108 Å². The molecule has 0 fully saturated rings. The minimum Gasteiger partial charge on any atom is -0.508 e. The van der Waals surface area contributed by atoms with Crippen LogP contribution in [0.1, 0.15) is 71.3 Å². The summed E-state index contributed by atoms with van der Waals surface area (Å²) < 4.78 is 0. The Balaban J connectivity index is 3.41. The number of hydrogen-bond acceptors (Lipinski definition) is 15. The summed E-state index contributed by atoms with van der Waals surface area (Å²) in [5, 5.41) is 29.4. The van der Waals surface area contributed by atoms with Crippen molar-refractivity contribution in [1.29, 1.82) is 0 Å². The standard InChI is InChI=1S/C42H67N13O13/c1-6-22(2)36(54-40(66)29(50-34(61)20-47-4)17-24-8-10-25(57)11-9-24)41(67)51-26(13-14-31(44)58)38(64)53-30(18-32(45)59)39(65)52-28(12-7-23(3)56)42(68)55(5)21-35(62)49-27(15-16-43)37(63)48-19-33(46)60/h8-11,22,26-30,36,47,57H,6-7,12-21,43H2,1-5H3,(H2,44,58)(H2,45,59)(H2,46,60)(H,48,63)(H,49,62)(H,50,61)(H,51,67)(H,52,65)(H,53,64)(H,54,66)/t22-,26-,27-,28-,29-,30-,36-/m0/s1. The van der Waals surface area contributed by atoms with E-state index in [2.05, 4.69) is 42.5 Å². The number of amides is 11. The van der Waals surface area contributed by atoms with E-state index < -0.39 is 145 Å². The lowest BCUT2D eigenvalue weighted by molar-refractivity contribution is -0.140. The third kappa shape index (κ3) is 22.3. The van der Waals surface area contributed by atoms with Crippen LogP contribution in [-0.4, -0.2) is 157 Å². The average molecular weight is 962 g/mol. The first kappa shape index (κ1) is 58.8. The van der Waals surface area contributed by atoms with Crippen molar-refractivity contribution in [2.75, 3.05) is 40.3 Å². The van der Waals surface area contributed by atoms with Gasteiger partial charge in [-0.1, -0.05) is 32.4 Å². The van der Waals surface area contributed by atoms with Crippen LogP contribution >= 0.6 is 0 Å². The van der Waals surface area contributed by atoms with Crippen LogP contribution in [0.5, 0.6) is 5.75 Å². The highest BCUT2D eigenvalue weighted by Crippen LogP contribution is 2.14. The van der Waals surface area contributed by atoms with Gasteiger partial charge in [0.2, 0.25) is 65.0 Å². The Morgan fingerprint density at radius 3 is 1.72 bits per heavy atom. The maximum absolute atomic E-state index is 14.0. The lowest BCUT2D eigenvalue weighted by Gasteiger charge is -2.29. The largest absolute Gasteiger partial charge is 0.508 e. The molecule has 0 saturated carbocycles. The zero-order valence-electron chi connectivity index (χ0n) is 38.9. The second kappa shape index (κ2) is 30.1. The summed E-state index contributed by atoms with van der Waals surface area (Å²) in [5.41, 5.74) is 22.0. The summed E-state index contributed by atoms with van der Waals surface area (Å²) >= 11 is 0. The number of ketones is 1. The molecule has 0 unspecified atom stereocenters. The van der Waals surface area contributed by atoms with Gasteiger partial charge < -0.3 is 80.3 Å². The Morgan fingerprint density at radius 2 is 1.18 bits per heavy atom. The van der Waals surface area contributed by atoms with E-state index in [1.165, 1.54) is 33.2 Å². The van der Waals surface area contributed by atoms with Gasteiger partial charge in [0, 0.05) is 26.3 Å². The second-order valence-corrected chi connectivity index (χ2v) is 16.1. The van der Waals surface area contributed by atoms with E-state index in [0.717, 1.165) is 4.90 Å². The number of benzene rings is 1. The van der Waals surface area contributed by atoms with Crippen LogP contribution in [0.4, 0.5) is 0 Å². The molecule has 378 valence electrons. The van der Waals surface area contributed by atoms with E-state index in [4.69, 9.17) is 22.9 Å². The van der Waals surface area contributed by atoms with Gasteiger partial charge in [-0.05, 0) is 63.4 Å². The molecule has 0 aliphatic rings. The van der Waals surface area contributed by atoms with Gasteiger partial charge in [0.25, 0.3) is 0 Å². The van der Waals surface area contributed by atoms with Crippen LogP contribution < -0.4 is 65.5 Å². The number of nitrogens with zero attached hydrogens (tertiary/aromatic N) is 1. The number of Topliss-reactive ketones (excluding diaryl/α,β-unsaturated/α-hetero) is 1.